The van der Waals surface area contributed by atoms with Gasteiger partial charge in [-0.05, 0) is 25.5 Å². The van der Waals surface area contributed by atoms with Gasteiger partial charge in [0.15, 0.2) is 0 Å². The first-order chi connectivity index (χ1) is 12.7. The number of carboxylic acids is 1. The van der Waals surface area contributed by atoms with Crippen LogP contribution in [0, 0.1) is 6.92 Å². The van der Waals surface area contributed by atoms with Crippen molar-refractivity contribution in [2.24, 2.45) is 0 Å². The number of aromatic nitrogens is 2. The molecule has 0 radical (unpaired) electrons. The quantitative estimate of drug-likeness (QED) is 0.834. The Kier molecular flexibility index (Phi) is 5.27. The van der Waals surface area contributed by atoms with Crippen LogP contribution < -0.4 is 0 Å². The lowest BCUT2D eigenvalue weighted by atomic mass is 10.0. The van der Waals surface area contributed by atoms with Crippen LogP contribution in [0.2, 0.25) is 0 Å². The van der Waals surface area contributed by atoms with E-state index in [2.05, 4.69) is 9.97 Å². The first-order valence-corrected chi connectivity index (χ1v) is 9.95. The highest BCUT2D eigenvalue weighted by molar-refractivity contribution is 7.86. The van der Waals surface area contributed by atoms with Crippen molar-refractivity contribution in [3.05, 3.63) is 47.4 Å². The molecule has 1 saturated heterocycles. The van der Waals surface area contributed by atoms with Crippen LogP contribution >= 0.6 is 0 Å². The molecule has 1 aromatic carbocycles. The topological polar surface area (TPSA) is 104 Å². The summed E-state index contributed by atoms with van der Waals surface area (Å²) in [5, 5.41) is 9.43. The molecule has 1 atom stereocenters. The normalized spacial score (nSPS) is 18.1. The van der Waals surface area contributed by atoms with Crippen LogP contribution in [0.3, 0.4) is 0 Å². The molecule has 9 heteroatoms. The fourth-order valence-electron chi connectivity index (χ4n) is 3.18. The zero-order valence-electron chi connectivity index (χ0n) is 15.5. The summed E-state index contributed by atoms with van der Waals surface area (Å²) in [5.74, 6) is -0.607. The Balaban J connectivity index is 1.95. The molecule has 0 spiro atoms. The third-order valence-electron chi connectivity index (χ3n) is 4.61. The first kappa shape index (κ1) is 19.4. The minimum Gasteiger partial charge on any atom is -0.478 e. The average molecular weight is 390 g/mol. The molecule has 0 aliphatic carbocycles. The van der Waals surface area contributed by atoms with E-state index in [4.69, 9.17) is 0 Å². The standard InChI is InChI=1S/C18H22N4O4S/c1-12-10-16(14-6-4-5-7-15(14)18(23)24)20-17(19-12)13-8-9-22(11-13)27(25,26)21(2)3/h4-7,10,13H,8-9,11H2,1-3H3,(H,23,24)/t13-/m1/s1. The Morgan fingerprint density at radius 3 is 2.63 bits per heavy atom. The van der Waals surface area contributed by atoms with Gasteiger partial charge in [0, 0.05) is 44.4 Å². The molecule has 2 heterocycles. The van der Waals surface area contributed by atoms with Gasteiger partial charge < -0.3 is 5.11 Å². The maximum Gasteiger partial charge on any atom is 0.336 e. The number of hydrogen-bond acceptors (Lipinski definition) is 5. The maximum absolute atomic E-state index is 12.3. The van der Waals surface area contributed by atoms with Crippen LogP contribution in [-0.2, 0) is 10.2 Å². The summed E-state index contributed by atoms with van der Waals surface area (Å²) in [6.07, 6.45) is 0.622. The fourth-order valence-corrected chi connectivity index (χ4v) is 4.35. The van der Waals surface area contributed by atoms with Gasteiger partial charge in [-0.3, -0.25) is 0 Å². The number of hydrogen-bond donors (Lipinski definition) is 1. The lowest BCUT2D eigenvalue weighted by molar-refractivity contribution is 0.0697. The largest absolute Gasteiger partial charge is 0.478 e. The third-order valence-corrected chi connectivity index (χ3v) is 6.52. The number of carboxylic acid groups (broad SMARTS) is 1. The number of rotatable bonds is 5. The lowest BCUT2D eigenvalue weighted by Crippen LogP contribution is -2.38. The smallest absolute Gasteiger partial charge is 0.336 e. The molecule has 3 rings (SSSR count). The molecule has 0 unspecified atom stereocenters. The summed E-state index contributed by atoms with van der Waals surface area (Å²) >= 11 is 0. The van der Waals surface area contributed by atoms with Crippen LogP contribution in [0.4, 0.5) is 0 Å². The molecule has 1 aromatic heterocycles. The Hall–Kier alpha value is -2.36. The molecule has 1 aliphatic rings. The molecule has 27 heavy (non-hydrogen) atoms. The predicted octanol–water partition coefficient (Wildman–Crippen LogP) is 1.75. The zero-order chi connectivity index (χ0) is 19.8. The van der Waals surface area contributed by atoms with Crippen molar-refractivity contribution in [1.82, 2.24) is 18.6 Å². The molecule has 2 aromatic rings. The Bertz CT molecular complexity index is 975. The minimum absolute atomic E-state index is 0.129. The summed E-state index contributed by atoms with van der Waals surface area (Å²) in [6.45, 7) is 2.54. The van der Waals surface area contributed by atoms with Crippen LogP contribution in [0.15, 0.2) is 30.3 Å². The van der Waals surface area contributed by atoms with Crippen molar-refractivity contribution < 1.29 is 18.3 Å². The highest BCUT2D eigenvalue weighted by Gasteiger charge is 2.35. The monoisotopic (exact) mass is 390 g/mol. The second-order valence-corrected chi connectivity index (χ2v) is 8.88. The minimum atomic E-state index is -3.47. The zero-order valence-corrected chi connectivity index (χ0v) is 16.3. The van der Waals surface area contributed by atoms with Crippen molar-refractivity contribution in [3.8, 4) is 11.3 Å². The molecule has 1 N–H and O–H groups in total. The van der Waals surface area contributed by atoms with Crippen molar-refractivity contribution in [1.29, 1.82) is 0 Å². The van der Waals surface area contributed by atoms with E-state index in [0.29, 0.717) is 42.3 Å². The van der Waals surface area contributed by atoms with E-state index in [1.54, 1.807) is 24.3 Å². The summed E-state index contributed by atoms with van der Waals surface area (Å²) < 4.78 is 27.3. The molecule has 1 fully saturated rings. The van der Waals surface area contributed by atoms with E-state index in [1.165, 1.54) is 28.8 Å². The molecule has 0 bridgehead atoms. The highest BCUT2D eigenvalue weighted by Crippen LogP contribution is 2.30. The van der Waals surface area contributed by atoms with Gasteiger partial charge in [-0.25, -0.2) is 14.8 Å². The highest BCUT2D eigenvalue weighted by atomic mass is 32.2. The maximum atomic E-state index is 12.3. The predicted molar refractivity (Wildman–Crippen MR) is 101 cm³/mol. The Morgan fingerprint density at radius 2 is 1.96 bits per heavy atom. The van der Waals surface area contributed by atoms with Gasteiger partial charge in [0.1, 0.15) is 5.82 Å². The van der Waals surface area contributed by atoms with E-state index < -0.39 is 16.2 Å². The van der Waals surface area contributed by atoms with Gasteiger partial charge in [-0.1, -0.05) is 18.2 Å². The summed E-state index contributed by atoms with van der Waals surface area (Å²) in [4.78, 5) is 20.6. The van der Waals surface area contributed by atoms with E-state index in [0.717, 1.165) is 0 Å². The van der Waals surface area contributed by atoms with Gasteiger partial charge in [0.2, 0.25) is 0 Å². The second kappa shape index (κ2) is 7.34. The van der Waals surface area contributed by atoms with E-state index in [1.807, 2.05) is 6.92 Å². The van der Waals surface area contributed by atoms with Crippen molar-refractivity contribution in [2.75, 3.05) is 27.2 Å². The first-order valence-electron chi connectivity index (χ1n) is 8.56. The van der Waals surface area contributed by atoms with Gasteiger partial charge in [-0.15, -0.1) is 0 Å². The van der Waals surface area contributed by atoms with E-state index in [-0.39, 0.29) is 11.5 Å². The molecule has 0 amide bonds. The number of carbonyl (C=O) groups is 1. The number of aryl methyl sites for hydroxylation is 1. The molecular weight excluding hydrogens is 368 g/mol. The Labute approximate surface area is 158 Å². The molecule has 0 saturated carbocycles. The fraction of sp³-hybridized carbons (Fsp3) is 0.389. The van der Waals surface area contributed by atoms with E-state index in [9.17, 15) is 18.3 Å². The number of aromatic carboxylic acids is 1. The van der Waals surface area contributed by atoms with Crippen molar-refractivity contribution in [2.45, 2.75) is 19.3 Å². The second-order valence-electron chi connectivity index (χ2n) is 6.74. The molecule has 1 aliphatic heterocycles. The summed E-state index contributed by atoms with van der Waals surface area (Å²) in [7, 11) is -0.461. The van der Waals surface area contributed by atoms with Crippen LogP contribution in [0.25, 0.3) is 11.3 Å². The molecular formula is C18H22N4O4S. The lowest BCUT2D eigenvalue weighted by Gasteiger charge is -2.20. The van der Waals surface area contributed by atoms with Crippen LogP contribution in [0.5, 0.6) is 0 Å². The third kappa shape index (κ3) is 3.85. The van der Waals surface area contributed by atoms with Gasteiger partial charge >= 0.3 is 5.97 Å². The van der Waals surface area contributed by atoms with Crippen LogP contribution in [0.1, 0.15) is 34.2 Å². The Morgan fingerprint density at radius 1 is 1.26 bits per heavy atom. The van der Waals surface area contributed by atoms with E-state index >= 15 is 0 Å². The average Bonchev–Trinajstić information content (AvgIpc) is 3.12. The van der Waals surface area contributed by atoms with Gasteiger partial charge in [0.05, 0.1) is 11.3 Å². The molecule has 144 valence electrons. The molecule has 8 nitrogen and oxygen atoms in total. The van der Waals surface area contributed by atoms with Crippen LogP contribution in [-0.4, -0.2) is 65.3 Å². The number of benzene rings is 1. The van der Waals surface area contributed by atoms with Crippen molar-refractivity contribution in [3.63, 3.8) is 0 Å². The van der Waals surface area contributed by atoms with Crippen molar-refractivity contribution >= 4 is 16.2 Å². The van der Waals surface area contributed by atoms with Gasteiger partial charge in [0.25, 0.3) is 10.2 Å². The SMILES string of the molecule is Cc1cc(-c2ccccc2C(=O)O)nc([C@@H]2CCN(S(=O)(=O)N(C)C)C2)n1. The summed E-state index contributed by atoms with van der Waals surface area (Å²) in [6, 6.07) is 8.43. The van der Waals surface area contributed by atoms with Gasteiger partial charge in [-0.2, -0.15) is 17.0 Å². The number of nitrogens with zero attached hydrogens (tertiary/aromatic N) is 4. The summed E-state index contributed by atoms with van der Waals surface area (Å²) in [5.41, 5.74) is 1.94.